The maximum Gasteiger partial charge on any atom is 0.316 e. The molecule has 3 rings (SSSR count). The van der Waals surface area contributed by atoms with E-state index in [4.69, 9.17) is 5.73 Å². The fourth-order valence-electron chi connectivity index (χ4n) is 2.95. The molecule has 2 unspecified atom stereocenters. The molecule has 2 aromatic rings. The van der Waals surface area contributed by atoms with E-state index in [-0.39, 0.29) is 11.8 Å². The topological polar surface area (TPSA) is 114 Å². The maximum absolute atomic E-state index is 11.7. The van der Waals surface area contributed by atoms with E-state index in [1.807, 2.05) is 0 Å². The minimum absolute atomic E-state index is 0.0601. The molecule has 7 nitrogen and oxygen atoms in total. The number of carboxylic acids is 1. The van der Waals surface area contributed by atoms with Crippen LogP contribution in [0.15, 0.2) is 30.9 Å². The van der Waals surface area contributed by atoms with Crippen molar-refractivity contribution in [2.75, 3.05) is 6.54 Å². The number of nitrogens with two attached hydrogens (primary N) is 1. The maximum atomic E-state index is 11.7. The third-order valence-electron chi connectivity index (χ3n) is 4.31. The smallest absolute Gasteiger partial charge is 0.316 e. The zero-order valence-corrected chi connectivity index (χ0v) is 12.0. The normalized spacial score (nSPS) is 23.4. The predicted octanol–water partition coefficient (Wildman–Crippen LogP) is 1.05. The summed E-state index contributed by atoms with van der Waals surface area (Å²) in [7, 11) is 0. The van der Waals surface area contributed by atoms with Gasteiger partial charge >= 0.3 is 5.97 Å². The van der Waals surface area contributed by atoms with Crippen molar-refractivity contribution < 1.29 is 15.0 Å². The number of nitrogens with zero attached hydrogens (tertiary/aromatic N) is 3. The lowest BCUT2D eigenvalue weighted by Gasteiger charge is -2.09. The second-order valence-corrected chi connectivity index (χ2v) is 5.65. The van der Waals surface area contributed by atoms with Gasteiger partial charge in [-0.15, -0.1) is 0 Å². The molecule has 0 aromatic carbocycles. The Labute approximate surface area is 127 Å². The highest BCUT2D eigenvalue weighted by molar-refractivity contribution is 5.85. The van der Waals surface area contributed by atoms with Crippen molar-refractivity contribution in [3.63, 3.8) is 0 Å². The van der Waals surface area contributed by atoms with Gasteiger partial charge in [-0.05, 0) is 37.8 Å². The summed E-state index contributed by atoms with van der Waals surface area (Å²) in [6.07, 6.45) is 7.04. The van der Waals surface area contributed by atoms with Crippen molar-refractivity contribution in [2.24, 2.45) is 11.7 Å². The molecular weight excluding hydrogens is 284 g/mol. The molecule has 1 saturated carbocycles. The van der Waals surface area contributed by atoms with Crippen LogP contribution in [-0.4, -0.2) is 37.3 Å². The molecule has 7 heteroatoms. The molecule has 0 spiro atoms. The average Bonchev–Trinajstić information content (AvgIpc) is 3.04. The van der Waals surface area contributed by atoms with Gasteiger partial charge < -0.3 is 20.5 Å². The predicted molar refractivity (Wildman–Crippen MR) is 78.7 cm³/mol. The molecular formula is C15H18N4O3. The van der Waals surface area contributed by atoms with Gasteiger partial charge in [-0.1, -0.05) is 0 Å². The molecule has 1 aliphatic rings. The number of aromatic hydroxyl groups is 1. The van der Waals surface area contributed by atoms with Gasteiger partial charge in [0.1, 0.15) is 5.41 Å². The molecule has 0 amide bonds. The Morgan fingerprint density at radius 3 is 2.91 bits per heavy atom. The van der Waals surface area contributed by atoms with Crippen LogP contribution in [0.1, 0.15) is 25.0 Å². The first-order chi connectivity index (χ1) is 10.6. The van der Waals surface area contributed by atoms with E-state index in [9.17, 15) is 15.0 Å². The fourth-order valence-corrected chi connectivity index (χ4v) is 2.95. The zero-order valence-electron chi connectivity index (χ0n) is 12.0. The number of pyridine rings is 1. The molecule has 0 aliphatic heterocycles. The van der Waals surface area contributed by atoms with Crippen molar-refractivity contribution in [2.45, 2.75) is 24.7 Å². The van der Waals surface area contributed by atoms with Crippen molar-refractivity contribution >= 4 is 5.97 Å². The number of aromatic nitrogens is 3. The Hall–Kier alpha value is -2.41. The summed E-state index contributed by atoms with van der Waals surface area (Å²) in [5.74, 6) is -0.798. The van der Waals surface area contributed by atoms with Gasteiger partial charge in [0.25, 0.3) is 0 Å². The zero-order chi connectivity index (χ0) is 15.7. The third kappa shape index (κ3) is 2.33. The largest absolute Gasteiger partial charge is 0.493 e. The van der Waals surface area contributed by atoms with Crippen LogP contribution < -0.4 is 5.73 Å². The molecule has 116 valence electrons. The van der Waals surface area contributed by atoms with Crippen molar-refractivity contribution in [1.82, 2.24) is 14.5 Å². The van der Waals surface area contributed by atoms with Crippen molar-refractivity contribution in [3.8, 4) is 11.6 Å². The first-order valence-electron chi connectivity index (χ1n) is 7.21. The Kier molecular flexibility index (Phi) is 3.58. The second kappa shape index (κ2) is 5.42. The Balaban J connectivity index is 1.86. The number of imidazole rings is 1. The monoisotopic (exact) mass is 302 g/mol. The van der Waals surface area contributed by atoms with Crippen LogP contribution in [0.4, 0.5) is 0 Å². The van der Waals surface area contributed by atoms with Crippen LogP contribution >= 0.6 is 0 Å². The quantitative estimate of drug-likeness (QED) is 0.735. The molecule has 1 fully saturated rings. The van der Waals surface area contributed by atoms with Crippen molar-refractivity contribution in [1.29, 1.82) is 0 Å². The van der Waals surface area contributed by atoms with Gasteiger partial charge in [0.2, 0.25) is 5.88 Å². The molecule has 22 heavy (non-hydrogen) atoms. The van der Waals surface area contributed by atoms with E-state index in [0.29, 0.717) is 18.7 Å². The number of hydrogen-bond acceptors (Lipinski definition) is 5. The van der Waals surface area contributed by atoms with Crippen molar-refractivity contribution in [3.05, 3.63) is 36.5 Å². The fraction of sp³-hybridized carbons (Fsp3) is 0.400. The van der Waals surface area contributed by atoms with Crippen LogP contribution in [-0.2, 0) is 10.2 Å². The molecule has 0 bridgehead atoms. The number of aliphatic carboxylic acids is 1. The lowest BCUT2D eigenvalue weighted by molar-refractivity contribution is -0.140. The van der Waals surface area contributed by atoms with E-state index in [1.54, 1.807) is 23.2 Å². The first-order valence-corrected chi connectivity index (χ1v) is 7.21. The summed E-state index contributed by atoms with van der Waals surface area (Å²) in [6.45, 7) is 0.569. The first kappa shape index (κ1) is 14.5. The molecule has 2 atom stereocenters. The molecule has 0 saturated heterocycles. The van der Waals surface area contributed by atoms with Gasteiger partial charge in [0.05, 0.1) is 23.9 Å². The van der Waals surface area contributed by atoms with Crippen LogP contribution in [0.2, 0.25) is 0 Å². The van der Waals surface area contributed by atoms with E-state index in [0.717, 1.165) is 18.5 Å². The lowest BCUT2D eigenvalue weighted by Crippen LogP contribution is -2.23. The van der Waals surface area contributed by atoms with Gasteiger partial charge in [-0.25, -0.2) is 9.97 Å². The van der Waals surface area contributed by atoms with Crippen LogP contribution in [0, 0.1) is 5.92 Å². The van der Waals surface area contributed by atoms with Crippen LogP contribution in [0.25, 0.3) is 5.69 Å². The number of carbonyl (C=O) groups is 1. The number of carboxylic acid groups (broad SMARTS) is 1. The SMILES string of the molecule is NCCCC1CC1(C(=O)O)c1cn(-c2ccc(O)nc2)cn1. The summed E-state index contributed by atoms with van der Waals surface area (Å²) in [5.41, 5.74) is 5.91. The summed E-state index contributed by atoms with van der Waals surface area (Å²) in [4.78, 5) is 19.8. The number of hydrogen-bond donors (Lipinski definition) is 3. The van der Waals surface area contributed by atoms with E-state index >= 15 is 0 Å². The summed E-state index contributed by atoms with van der Waals surface area (Å²) >= 11 is 0. The van der Waals surface area contributed by atoms with E-state index < -0.39 is 11.4 Å². The van der Waals surface area contributed by atoms with Gasteiger partial charge in [-0.2, -0.15) is 0 Å². The third-order valence-corrected chi connectivity index (χ3v) is 4.31. The standard InChI is InChI=1S/C15H18N4O3/c16-5-1-2-10-6-15(10,14(21)22)12-8-19(9-18-12)11-3-4-13(20)17-7-11/h3-4,7-10H,1-2,5-6,16H2,(H,17,20)(H,21,22). The molecule has 2 heterocycles. The number of rotatable bonds is 6. The highest BCUT2D eigenvalue weighted by Crippen LogP contribution is 2.56. The van der Waals surface area contributed by atoms with Gasteiger partial charge in [-0.3, -0.25) is 4.79 Å². The highest BCUT2D eigenvalue weighted by Gasteiger charge is 2.62. The molecule has 1 aliphatic carbocycles. The summed E-state index contributed by atoms with van der Waals surface area (Å²) in [5, 5.41) is 18.8. The molecule has 0 radical (unpaired) electrons. The Bertz CT molecular complexity index is 682. The summed E-state index contributed by atoms with van der Waals surface area (Å²) in [6, 6.07) is 3.17. The van der Waals surface area contributed by atoms with Gasteiger partial charge in [0.15, 0.2) is 0 Å². The van der Waals surface area contributed by atoms with E-state index in [2.05, 4.69) is 9.97 Å². The average molecular weight is 302 g/mol. The minimum Gasteiger partial charge on any atom is -0.493 e. The molecule has 4 N–H and O–H groups in total. The van der Waals surface area contributed by atoms with Crippen LogP contribution in [0.5, 0.6) is 5.88 Å². The Morgan fingerprint density at radius 1 is 1.45 bits per heavy atom. The minimum atomic E-state index is -0.884. The van der Waals surface area contributed by atoms with Crippen LogP contribution in [0.3, 0.4) is 0 Å². The summed E-state index contributed by atoms with van der Waals surface area (Å²) < 4.78 is 1.71. The lowest BCUT2D eigenvalue weighted by atomic mass is 9.98. The Morgan fingerprint density at radius 2 is 2.27 bits per heavy atom. The second-order valence-electron chi connectivity index (χ2n) is 5.65. The van der Waals surface area contributed by atoms with E-state index in [1.165, 1.54) is 12.3 Å². The molecule has 2 aromatic heterocycles. The highest BCUT2D eigenvalue weighted by atomic mass is 16.4. The van der Waals surface area contributed by atoms with Gasteiger partial charge in [0, 0.05) is 12.3 Å².